The van der Waals surface area contributed by atoms with Crippen molar-refractivity contribution in [3.8, 4) is 17.1 Å². The monoisotopic (exact) mass is 369 g/mol. The first-order chi connectivity index (χ1) is 12.6. The lowest BCUT2D eigenvalue weighted by Gasteiger charge is -2.13. The normalized spacial score (nSPS) is 11.8. The third-order valence-electron chi connectivity index (χ3n) is 3.77. The summed E-state index contributed by atoms with van der Waals surface area (Å²) in [5.41, 5.74) is 1.52. The Morgan fingerprint density at radius 2 is 2.04 bits per heavy atom. The minimum atomic E-state index is -0.357. The highest BCUT2D eigenvalue weighted by molar-refractivity contribution is 8.00. The third kappa shape index (κ3) is 3.85. The van der Waals surface area contributed by atoms with Crippen molar-refractivity contribution in [3.05, 3.63) is 48.8 Å². The largest absolute Gasteiger partial charge is 0.495 e. The van der Waals surface area contributed by atoms with Crippen LogP contribution in [-0.2, 0) is 11.8 Å². The Bertz CT molecular complexity index is 898. The van der Waals surface area contributed by atoms with Crippen molar-refractivity contribution >= 4 is 23.4 Å². The number of thioether (sulfide) groups is 1. The fraction of sp³-hybridized carbons (Fsp3) is 0.222. The molecular formula is C18H19N5O2S. The zero-order chi connectivity index (χ0) is 18.5. The fourth-order valence-electron chi connectivity index (χ4n) is 2.36. The molecule has 8 heteroatoms. The number of amides is 1. The molecule has 0 aliphatic carbocycles. The second kappa shape index (κ2) is 8.01. The average molecular weight is 369 g/mol. The standard InChI is InChI=1S/C18H19N5O2S/c1-12(17(24)20-14-8-4-5-9-15(14)25-3)26-18-22-21-16(23(18)2)13-7-6-10-19-11-13/h4-12H,1-3H3,(H,20,24). The summed E-state index contributed by atoms with van der Waals surface area (Å²) in [6.45, 7) is 1.83. The fourth-order valence-corrected chi connectivity index (χ4v) is 3.17. The molecule has 0 saturated heterocycles. The van der Waals surface area contributed by atoms with Crippen LogP contribution < -0.4 is 10.1 Å². The van der Waals surface area contributed by atoms with Crippen LogP contribution in [0.2, 0.25) is 0 Å². The van der Waals surface area contributed by atoms with Crippen molar-refractivity contribution in [1.82, 2.24) is 19.7 Å². The number of carbonyl (C=O) groups is 1. The number of nitrogens with zero attached hydrogens (tertiary/aromatic N) is 4. The maximum atomic E-state index is 12.5. The van der Waals surface area contributed by atoms with E-state index in [0.717, 1.165) is 5.56 Å². The summed E-state index contributed by atoms with van der Waals surface area (Å²) in [5.74, 6) is 1.19. The number of hydrogen-bond donors (Lipinski definition) is 1. The Labute approximate surface area is 155 Å². The second-order valence-electron chi connectivity index (χ2n) is 5.56. The number of carbonyl (C=O) groups excluding carboxylic acids is 1. The van der Waals surface area contributed by atoms with E-state index in [2.05, 4.69) is 20.5 Å². The van der Waals surface area contributed by atoms with Gasteiger partial charge in [-0.1, -0.05) is 23.9 Å². The molecule has 1 amide bonds. The summed E-state index contributed by atoms with van der Waals surface area (Å²) >= 11 is 1.34. The molecule has 2 aromatic heterocycles. The molecule has 1 unspecified atom stereocenters. The predicted octanol–water partition coefficient (Wildman–Crippen LogP) is 3.01. The van der Waals surface area contributed by atoms with Gasteiger partial charge in [-0.05, 0) is 31.2 Å². The molecule has 3 rings (SSSR count). The number of hydrogen-bond acceptors (Lipinski definition) is 6. The highest BCUT2D eigenvalue weighted by Crippen LogP contribution is 2.28. The van der Waals surface area contributed by atoms with Crippen molar-refractivity contribution in [3.63, 3.8) is 0 Å². The Hall–Kier alpha value is -2.87. The van der Waals surface area contributed by atoms with E-state index in [1.165, 1.54) is 11.8 Å². The number of ether oxygens (including phenoxy) is 1. The molecule has 134 valence electrons. The molecule has 0 radical (unpaired) electrons. The topological polar surface area (TPSA) is 81.9 Å². The van der Waals surface area contributed by atoms with Crippen LogP contribution in [0.3, 0.4) is 0 Å². The molecule has 1 N–H and O–H groups in total. The van der Waals surface area contributed by atoms with Gasteiger partial charge in [0.2, 0.25) is 5.91 Å². The zero-order valence-corrected chi connectivity index (χ0v) is 15.5. The summed E-state index contributed by atoms with van der Waals surface area (Å²) in [4.78, 5) is 16.6. The maximum Gasteiger partial charge on any atom is 0.237 e. The van der Waals surface area contributed by atoms with Gasteiger partial charge in [0.05, 0.1) is 18.0 Å². The highest BCUT2D eigenvalue weighted by Gasteiger charge is 2.20. The first-order valence-corrected chi connectivity index (χ1v) is 8.88. The number of methoxy groups -OCH3 is 1. The van der Waals surface area contributed by atoms with Crippen LogP contribution in [0, 0.1) is 0 Å². The quantitative estimate of drug-likeness (QED) is 0.673. The highest BCUT2D eigenvalue weighted by atomic mass is 32.2. The number of para-hydroxylation sites is 2. The van der Waals surface area contributed by atoms with Gasteiger partial charge >= 0.3 is 0 Å². The number of rotatable bonds is 6. The van der Waals surface area contributed by atoms with Crippen LogP contribution in [0.1, 0.15) is 6.92 Å². The van der Waals surface area contributed by atoms with Crippen LogP contribution in [-0.4, -0.2) is 38.0 Å². The number of aromatic nitrogens is 4. The smallest absolute Gasteiger partial charge is 0.237 e. The molecular weight excluding hydrogens is 350 g/mol. The molecule has 2 heterocycles. The van der Waals surface area contributed by atoms with Crippen LogP contribution in [0.4, 0.5) is 5.69 Å². The van der Waals surface area contributed by atoms with E-state index < -0.39 is 0 Å². The lowest BCUT2D eigenvalue weighted by Crippen LogP contribution is -2.23. The van der Waals surface area contributed by atoms with Gasteiger partial charge < -0.3 is 14.6 Å². The molecule has 1 atom stereocenters. The van der Waals surface area contributed by atoms with Gasteiger partial charge in [-0.15, -0.1) is 10.2 Å². The molecule has 7 nitrogen and oxygen atoms in total. The molecule has 0 bridgehead atoms. The summed E-state index contributed by atoms with van der Waals surface area (Å²) < 4.78 is 7.12. The minimum Gasteiger partial charge on any atom is -0.495 e. The van der Waals surface area contributed by atoms with Crippen LogP contribution in [0.25, 0.3) is 11.4 Å². The van der Waals surface area contributed by atoms with Gasteiger partial charge in [-0.2, -0.15) is 0 Å². The molecule has 0 saturated carbocycles. The Balaban J connectivity index is 1.71. The number of pyridine rings is 1. The third-order valence-corrected chi connectivity index (χ3v) is 4.90. The van der Waals surface area contributed by atoms with Gasteiger partial charge in [0.15, 0.2) is 11.0 Å². The first-order valence-electron chi connectivity index (χ1n) is 8.00. The van der Waals surface area contributed by atoms with Crippen LogP contribution in [0.15, 0.2) is 53.9 Å². The van der Waals surface area contributed by atoms with Crippen molar-refractivity contribution in [2.75, 3.05) is 12.4 Å². The predicted molar refractivity (Wildman–Crippen MR) is 101 cm³/mol. The second-order valence-corrected chi connectivity index (χ2v) is 6.86. The van der Waals surface area contributed by atoms with E-state index in [1.807, 2.05) is 42.8 Å². The van der Waals surface area contributed by atoms with E-state index in [9.17, 15) is 4.79 Å². The first kappa shape index (κ1) is 17.9. The Morgan fingerprint density at radius 3 is 2.77 bits per heavy atom. The van der Waals surface area contributed by atoms with Gasteiger partial charge in [0.1, 0.15) is 5.75 Å². The number of benzene rings is 1. The van der Waals surface area contributed by atoms with Crippen LogP contribution in [0.5, 0.6) is 5.75 Å². The van der Waals surface area contributed by atoms with Gasteiger partial charge in [-0.3, -0.25) is 9.78 Å². The Morgan fingerprint density at radius 1 is 1.23 bits per heavy atom. The maximum absolute atomic E-state index is 12.5. The van der Waals surface area contributed by atoms with Crippen molar-refractivity contribution in [1.29, 1.82) is 0 Å². The summed E-state index contributed by atoms with van der Waals surface area (Å²) in [6.07, 6.45) is 3.44. The van der Waals surface area contributed by atoms with E-state index in [1.54, 1.807) is 31.6 Å². The van der Waals surface area contributed by atoms with E-state index in [4.69, 9.17) is 4.74 Å². The van der Waals surface area contributed by atoms with Crippen LogP contribution >= 0.6 is 11.8 Å². The van der Waals surface area contributed by atoms with Gasteiger partial charge in [0.25, 0.3) is 0 Å². The summed E-state index contributed by atoms with van der Waals surface area (Å²) in [5, 5.41) is 11.6. The summed E-state index contributed by atoms with van der Waals surface area (Å²) in [6, 6.07) is 11.1. The van der Waals surface area contributed by atoms with Crippen molar-refractivity contribution < 1.29 is 9.53 Å². The van der Waals surface area contributed by atoms with E-state index >= 15 is 0 Å². The lowest BCUT2D eigenvalue weighted by atomic mass is 10.3. The summed E-state index contributed by atoms with van der Waals surface area (Å²) in [7, 11) is 3.44. The molecule has 0 aliphatic heterocycles. The number of nitrogens with one attached hydrogen (secondary N) is 1. The molecule has 0 spiro atoms. The lowest BCUT2D eigenvalue weighted by molar-refractivity contribution is -0.115. The average Bonchev–Trinajstić information content (AvgIpc) is 3.03. The SMILES string of the molecule is COc1ccccc1NC(=O)C(C)Sc1nnc(-c2cccnc2)n1C. The van der Waals surface area contributed by atoms with E-state index in [0.29, 0.717) is 22.4 Å². The molecule has 1 aromatic carbocycles. The zero-order valence-electron chi connectivity index (χ0n) is 14.7. The number of anilines is 1. The molecule has 0 fully saturated rings. The molecule has 3 aromatic rings. The minimum absolute atomic E-state index is 0.134. The van der Waals surface area contributed by atoms with Crippen molar-refractivity contribution in [2.24, 2.45) is 7.05 Å². The Kier molecular flexibility index (Phi) is 5.52. The van der Waals surface area contributed by atoms with Gasteiger partial charge in [0, 0.05) is 25.0 Å². The molecule has 26 heavy (non-hydrogen) atoms. The van der Waals surface area contributed by atoms with E-state index in [-0.39, 0.29) is 11.2 Å². The van der Waals surface area contributed by atoms with Gasteiger partial charge in [-0.25, -0.2) is 0 Å². The molecule has 0 aliphatic rings. The van der Waals surface area contributed by atoms with Crippen molar-refractivity contribution in [2.45, 2.75) is 17.3 Å².